The molecule has 0 bridgehead atoms. The minimum Gasteiger partial charge on any atom is -0.311 e. The molecule has 8 heteroatoms. The summed E-state index contributed by atoms with van der Waals surface area (Å²) in [5.74, 6) is 0. The van der Waals surface area contributed by atoms with Gasteiger partial charge in [0.1, 0.15) is 3.94 Å². The maximum Gasteiger partial charge on any atom is 0.286 e. The van der Waals surface area contributed by atoms with Gasteiger partial charge in [0.05, 0.1) is 37.5 Å². The third kappa shape index (κ3) is 4.00. The zero-order chi connectivity index (χ0) is 9.61. The van der Waals surface area contributed by atoms with Crippen molar-refractivity contribution in [3.05, 3.63) is 0 Å². The van der Waals surface area contributed by atoms with Crippen molar-refractivity contribution in [1.82, 2.24) is 0 Å². The molecule has 72 valence electrons. The van der Waals surface area contributed by atoms with Gasteiger partial charge in [0.15, 0.2) is 0 Å². The van der Waals surface area contributed by atoms with E-state index in [0.29, 0.717) is 3.94 Å². The first kappa shape index (κ1) is 13.3. The molecule has 12 heavy (non-hydrogen) atoms. The summed E-state index contributed by atoms with van der Waals surface area (Å²) in [6, 6.07) is 0. The first-order valence-electron chi connectivity index (χ1n) is 2.74. The second-order valence-corrected chi connectivity index (χ2v) is 10.6. The van der Waals surface area contributed by atoms with Gasteiger partial charge in [0.2, 0.25) is 0 Å². The molecule has 0 aromatic rings. The van der Waals surface area contributed by atoms with Gasteiger partial charge in [-0.1, -0.05) is 12.2 Å². The SMILES string of the molecule is COSP(=O)(SOC)C(=S)SC. The van der Waals surface area contributed by atoms with Crippen molar-refractivity contribution in [3.63, 3.8) is 0 Å². The number of thioether (sulfide) groups is 1. The van der Waals surface area contributed by atoms with Crippen molar-refractivity contribution in [2.24, 2.45) is 0 Å². The van der Waals surface area contributed by atoms with Crippen LogP contribution in [0.25, 0.3) is 0 Å². The van der Waals surface area contributed by atoms with Crippen molar-refractivity contribution < 1.29 is 12.9 Å². The number of rotatable bonds is 5. The summed E-state index contributed by atoms with van der Waals surface area (Å²) in [7, 11) is 2.91. The fourth-order valence-corrected chi connectivity index (χ4v) is 7.19. The van der Waals surface area contributed by atoms with Crippen molar-refractivity contribution in [3.8, 4) is 0 Å². The van der Waals surface area contributed by atoms with Gasteiger partial charge in [-0.25, -0.2) is 0 Å². The molecule has 0 unspecified atom stereocenters. The lowest BCUT2D eigenvalue weighted by Gasteiger charge is -2.11. The summed E-state index contributed by atoms with van der Waals surface area (Å²) in [6.07, 6.45) is 1.78. The van der Waals surface area contributed by atoms with Crippen LogP contribution in [0.5, 0.6) is 0 Å². The smallest absolute Gasteiger partial charge is 0.286 e. The van der Waals surface area contributed by atoms with E-state index in [1.54, 1.807) is 6.26 Å². The van der Waals surface area contributed by atoms with Crippen LogP contribution in [-0.2, 0) is 12.9 Å². The van der Waals surface area contributed by atoms with Crippen LogP contribution in [0.2, 0.25) is 0 Å². The molecule has 0 atom stereocenters. The highest BCUT2D eigenvalue weighted by atomic mass is 33.1. The Balaban J connectivity index is 4.38. The van der Waals surface area contributed by atoms with E-state index in [1.807, 2.05) is 0 Å². The molecule has 0 aliphatic rings. The fourth-order valence-electron chi connectivity index (χ4n) is 0.381. The first-order chi connectivity index (χ1) is 5.60. The summed E-state index contributed by atoms with van der Waals surface area (Å²) in [6.45, 7) is 0. The predicted octanol–water partition coefficient (Wildman–Crippen LogP) is 3.42. The molecule has 0 aromatic heterocycles. The van der Waals surface area contributed by atoms with Gasteiger partial charge in [-0.15, -0.1) is 11.8 Å². The van der Waals surface area contributed by atoms with Crippen molar-refractivity contribution in [2.45, 2.75) is 0 Å². The van der Waals surface area contributed by atoms with Crippen LogP contribution < -0.4 is 0 Å². The van der Waals surface area contributed by atoms with Crippen LogP contribution in [0.15, 0.2) is 0 Å². The highest BCUT2D eigenvalue weighted by Gasteiger charge is 2.31. The molecule has 0 aliphatic carbocycles. The zero-order valence-electron chi connectivity index (χ0n) is 6.80. The second kappa shape index (κ2) is 6.70. The van der Waals surface area contributed by atoms with Gasteiger partial charge in [0.25, 0.3) is 5.55 Å². The third-order valence-electron chi connectivity index (χ3n) is 0.744. The quantitative estimate of drug-likeness (QED) is 0.427. The van der Waals surface area contributed by atoms with Gasteiger partial charge in [-0.3, -0.25) is 4.57 Å². The zero-order valence-corrected chi connectivity index (χ0v) is 11.0. The van der Waals surface area contributed by atoms with Gasteiger partial charge >= 0.3 is 0 Å². The average Bonchev–Trinajstić information content (AvgIpc) is 2.04. The van der Waals surface area contributed by atoms with E-state index >= 15 is 0 Å². The van der Waals surface area contributed by atoms with Crippen LogP contribution in [0, 0.1) is 0 Å². The lowest BCUT2D eigenvalue weighted by atomic mass is 11.8. The van der Waals surface area contributed by atoms with E-state index in [0.717, 1.165) is 23.3 Å². The van der Waals surface area contributed by atoms with Crippen molar-refractivity contribution >= 4 is 56.8 Å². The molecule has 0 amide bonds. The standard InChI is InChI=1S/C4H9O3PS4/c1-6-11-8(5,12-7-2)4(9)10-3/h1-3H3. The van der Waals surface area contributed by atoms with E-state index in [1.165, 1.54) is 26.0 Å². The third-order valence-corrected chi connectivity index (χ3v) is 10.5. The molecular weight excluding hydrogens is 255 g/mol. The lowest BCUT2D eigenvalue weighted by molar-refractivity contribution is 0.491. The van der Waals surface area contributed by atoms with Crippen LogP contribution in [0.4, 0.5) is 0 Å². The minimum atomic E-state index is -2.73. The topological polar surface area (TPSA) is 35.5 Å². The van der Waals surface area contributed by atoms with E-state index in [2.05, 4.69) is 0 Å². The largest absolute Gasteiger partial charge is 0.311 e. The van der Waals surface area contributed by atoms with E-state index < -0.39 is 5.55 Å². The molecule has 0 saturated carbocycles. The Morgan fingerprint density at radius 3 is 2.00 bits per heavy atom. The molecule has 0 N–H and O–H groups in total. The normalized spacial score (nSPS) is 11.6. The van der Waals surface area contributed by atoms with Gasteiger partial charge in [-0.2, -0.15) is 0 Å². The highest BCUT2D eigenvalue weighted by Crippen LogP contribution is 2.71. The first-order valence-corrected chi connectivity index (χ1v) is 8.77. The molecule has 3 nitrogen and oxygen atoms in total. The molecular formula is C4H9O3PS4. The molecule has 0 saturated heterocycles. The molecule has 0 heterocycles. The van der Waals surface area contributed by atoms with Crippen LogP contribution in [-0.4, -0.2) is 24.4 Å². The van der Waals surface area contributed by atoms with Gasteiger partial charge < -0.3 is 8.37 Å². The Morgan fingerprint density at radius 2 is 1.75 bits per heavy atom. The summed E-state index contributed by atoms with van der Waals surface area (Å²) >= 11 is 7.93. The summed E-state index contributed by atoms with van der Waals surface area (Å²) in [4.78, 5) is 0. The summed E-state index contributed by atoms with van der Waals surface area (Å²) in [5.41, 5.74) is -2.73. The number of thiocarbonyl (C=S) groups is 1. The average molecular weight is 264 g/mol. The molecule has 0 spiro atoms. The van der Waals surface area contributed by atoms with Crippen LogP contribution in [0.3, 0.4) is 0 Å². The Kier molecular flexibility index (Phi) is 7.42. The Labute approximate surface area is 90.0 Å². The predicted molar refractivity (Wildman–Crippen MR) is 62.9 cm³/mol. The molecule has 0 aromatic carbocycles. The molecule has 0 radical (unpaired) electrons. The number of hydrogen-bond donors (Lipinski definition) is 0. The van der Waals surface area contributed by atoms with Crippen LogP contribution in [0.1, 0.15) is 0 Å². The lowest BCUT2D eigenvalue weighted by Crippen LogP contribution is -1.84. The fraction of sp³-hybridized carbons (Fsp3) is 0.750. The maximum atomic E-state index is 11.9. The molecule has 0 fully saturated rings. The summed E-state index contributed by atoms with van der Waals surface area (Å²) < 4.78 is 21.7. The van der Waals surface area contributed by atoms with E-state index in [-0.39, 0.29) is 0 Å². The van der Waals surface area contributed by atoms with Gasteiger partial charge in [0, 0.05) is 0 Å². The highest BCUT2D eigenvalue weighted by molar-refractivity contribution is 8.96. The number of hydrogen-bond acceptors (Lipinski definition) is 7. The Morgan fingerprint density at radius 1 is 1.33 bits per heavy atom. The van der Waals surface area contributed by atoms with Crippen molar-refractivity contribution in [2.75, 3.05) is 20.5 Å². The second-order valence-electron chi connectivity index (χ2n) is 1.45. The summed E-state index contributed by atoms with van der Waals surface area (Å²) in [5, 5.41) is 0. The van der Waals surface area contributed by atoms with E-state index in [9.17, 15) is 4.57 Å². The Hall–Kier alpha value is 1.29. The molecule has 0 aliphatic heterocycles. The monoisotopic (exact) mass is 264 g/mol. The van der Waals surface area contributed by atoms with Gasteiger partial charge in [-0.05, 0) is 6.26 Å². The van der Waals surface area contributed by atoms with E-state index in [4.69, 9.17) is 20.6 Å². The minimum absolute atomic E-state index is 0.418. The van der Waals surface area contributed by atoms with Crippen LogP contribution >= 0.6 is 52.9 Å². The Bertz CT molecular complexity index is 187. The van der Waals surface area contributed by atoms with Crippen molar-refractivity contribution in [1.29, 1.82) is 0 Å². The molecule has 0 rings (SSSR count). The maximum absolute atomic E-state index is 11.9.